The molecule has 0 saturated heterocycles. The van der Waals surface area contributed by atoms with Crippen LogP contribution in [-0.2, 0) is 9.47 Å². The average Bonchev–Trinajstić information content (AvgIpc) is 3.35. The van der Waals surface area contributed by atoms with Crippen LogP contribution < -0.4 is 5.73 Å². The Morgan fingerprint density at radius 2 is 1.74 bits per heavy atom. The molecule has 9 nitrogen and oxygen atoms in total. The van der Waals surface area contributed by atoms with Crippen molar-refractivity contribution in [1.82, 2.24) is 9.72 Å². The standard InChI is InChI=1S/C18H21N3O6/c1-8-13(16(19)27-20-8)18(24)26-7-12(22)14-9(2)21(11-5-6-11)10(3)15(14)17(23)25-4/h11H,5-7,19H2,1-4H3. The molecule has 3 rings (SSSR count). The number of nitrogens with zero attached hydrogens (tertiary/aromatic N) is 2. The van der Waals surface area contributed by atoms with Crippen LogP contribution in [0.25, 0.3) is 0 Å². The van der Waals surface area contributed by atoms with Crippen LogP contribution in [0.2, 0.25) is 0 Å². The van der Waals surface area contributed by atoms with Crippen molar-refractivity contribution >= 4 is 23.6 Å². The van der Waals surface area contributed by atoms with Crippen molar-refractivity contribution in [2.45, 2.75) is 39.7 Å². The van der Waals surface area contributed by atoms with E-state index in [0.717, 1.165) is 12.8 Å². The highest BCUT2D eigenvalue weighted by atomic mass is 16.5. The van der Waals surface area contributed by atoms with Gasteiger partial charge in [0, 0.05) is 17.4 Å². The lowest BCUT2D eigenvalue weighted by Crippen LogP contribution is -2.18. The number of carbonyl (C=O) groups excluding carboxylic acids is 3. The molecule has 0 bridgehead atoms. The number of aryl methyl sites for hydroxylation is 1. The summed E-state index contributed by atoms with van der Waals surface area (Å²) in [6, 6.07) is 0.275. The third-order valence-electron chi connectivity index (χ3n) is 4.70. The van der Waals surface area contributed by atoms with Gasteiger partial charge in [0.15, 0.2) is 6.61 Å². The lowest BCUT2D eigenvalue weighted by Gasteiger charge is -2.07. The van der Waals surface area contributed by atoms with Crippen LogP contribution >= 0.6 is 0 Å². The third-order valence-corrected chi connectivity index (χ3v) is 4.70. The molecule has 1 fully saturated rings. The maximum Gasteiger partial charge on any atom is 0.346 e. The first-order valence-corrected chi connectivity index (χ1v) is 8.49. The van der Waals surface area contributed by atoms with Gasteiger partial charge in [-0.1, -0.05) is 5.16 Å². The molecule has 9 heteroatoms. The number of aromatic nitrogens is 2. The van der Waals surface area contributed by atoms with E-state index in [-0.39, 0.29) is 34.3 Å². The zero-order chi connectivity index (χ0) is 19.9. The van der Waals surface area contributed by atoms with E-state index >= 15 is 0 Å². The van der Waals surface area contributed by atoms with Gasteiger partial charge in [0.1, 0.15) is 5.56 Å². The van der Waals surface area contributed by atoms with E-state index in [2.05, 4.69) is 5.16 Å². The van der Waals surface area contributed by atoms with Crippen LogP contribution in [0, 0.1) is 20.8 Å². The molecule has 1 aliphatic carbocycles. The van der Waals surface area contributed by atoms with Gasteiger partial charge in [-0.2, -0.15) is 0 Å². The number of Topliss-reactive ketones (excluding diaryl/α,β-unsaturated/α-hetero) is 1. The molecule has 2 aromatic heterocycles. The van der Waals surface area contributed by atoms with Gasteiger partial charge in [-0.25, -0.2) is 9.59 Å². The number of ether oxygens (including phenoxy) is 2. The van der Waals surface area contributed by atoms with E-state index in [1.54, 1.807) is 13.8 Å². The Morgan fingerprint density at radius 1 is 1.11 bits per heavy atom. The lowest BCUT2D eigenvalue weighted by atomic mass is 10.1. The summed E-state index contributed by atoms with van der Waals surface area (Å²) in [7, 11) is 1.26. The molecule has 0 spiro atoms. The minimum atomic E-state index is -0.810. The Morgan fingerprint density at radius 3 is 2.26 bits per heavy atom. The molecule has 0 unspecified atom stereocenters. The van der Waals surface area contributed by atoms with Crippen molar-refractivity contribution in [3.8, 4) is 0 Å². The molecule has 1 aliphatic rings. The summed E-state index contributed by atoms with van der Waals surface area (Å²) in [6.45, 7) is 4.55. The highest BCUT2D eigenvalue weighted by Crippen LogP contribution is 2.40. The Bertz CT molecular complexity index is 916. The number of nitrogens with two attached hydrogens (primary N) is 1. The zero-order valence-electron chi connectivity index (χ0n) is 15.6. The predicted molar refractivity (Wildman–Crippen MR) is 93.8 cm³/mol. The van der Waals surface area contributed by atoms with Crippen molar-refractivity contribution < 1.29 is 28.4 Å². The topological polar surface area (TPSA) is 127 Å². The number of hydrogen-bond donors (Lipinski definition) is 1. The van der Waals surface area contributed by atoms with E-state index in [4.69, 9.17) is 19.7 Å². The van der Waals surface area contributed by atoms with E-state index in [0.29, 0.717) is 11.4 Å². The number of methoxy groups -OCH3 is 1. The van der Waals surface area contributed by atoms with E-state index in [1.165, 1.54) is 14.0 Å². The zero-order valence-corrected chi connectivity index (χ0v) is 15.6. The summed E-state index contributed by atoms with van der Waals surface area (Å²) in [5.74, 6) is -2.07. The number of nitrogen functional groups attached to an aromatic ring is 1. The van der Waals surface area contributed by atoms with Crippen molar-refractivity contribution in [1.29, 1.82) is 0 Å². The Hall–Kier alpha value is -3.10. The average molecular weight is 375 g/mol. The molecule has 0 atom stereocenters. The molecule has 0 amide bonds. The number of carbonyl (C=O) groups is 3. The molecular formula is C18H21N3O6. The smallest absolute Gasteiger partial charge is 0.346 e. The fourth-order valence-corrected chi connectivity index (χ4v) is 3.34. The normalized spacial score (nSPS) is 13.5. The van der Waals surface area contributed by atoms with Gasteiger partial charge in [0.05, 0.1) is 23.9 Å². The van der Waals surface area contributed by atoms with Gasteiger partial charge in [-0.3, -0.25) is 4.79 Å². The summed E-state index contributed by atoms with van der Waals surface area (Å²) >= 11 is 0. The van der Waals surface area contributed by atoms with Crippen LogP contribution in [0.4, 0.5) is 5.88 Å². The van der Waals surface area contributed by atoms with E-state index < -0.39 is 24.3 Å². The first kappa shape index (κ1) is 18.7. The fraction of sp³-hybridized carbons (Fsp3) is 0.444. The van der Waals surface area contributed by atoms with Crippen molar-refractivity contribution in [3.63, 3.8) is 0 Å². The van der Waals surface area contributed by atoms with Gasteiger partial charge in [0.2, 0.25) is 11.7 Å². The predicted octanol–water partition coefficient (Wildman–Crippen LogP) is 2.14. The molecule has 27 heavy (non-hydrogen) atoms. The van der Waals surface area contributed by atoms with E-state index in [9.17, 15) is 14.4 Å². The Labute approximate surface area is 155 Å². The summed E-state index contributed by atoms with van der Waals surface area (Å²) in [6.07, 6.45) is 1.98. The Kier molecular flexibility index (Phi) is 4.77. The van der Waals surface area contributed by atoms with Crippen molar-refractivity contribution in [3.05, 3.63) is 33.8 Å². The number of hydrogen-bond acceptors (Lipinski definition) is 8. The number of esters is 2. The van der Waals surface area contributed by atoms with Gasteiger partial charge in [-0.05, 0) is 33.6 Å². The van der Waals surface area contributed by atoms with Crippen LogP contribution in [0.15, 0.2) is 4.52 Å². The maximum atomic E-state index is 12.8. The highest BCUT2D eigenvalue weighted by Gasteiger charge is 2.34. The van der Waals surface area contributed by atoms with E-state index in [1.807, 2.05) is 4.57 Å². The van der Waals surface area contributed by atoms with Gasteiger partial charge in [0.25, 0.3) is 0 Å². The van der Waals surface area contributed by atoms with Crippen LogP contribution in [0.5, 0.6) is 0 Å². The molecule has 0 radical (unpaired) electrons. The van der Waals surface area contributed by atoms with Gasteiger partial charge >= 0.3 is 11.9 Å². The number of anilines is 1. The molecule has 144 valence electrons. The second-order valence-corrected chi connectivity index (χ2v) is 6.52. The first-order valence-electron chi connectivity index (χ1n) is 8.49. The number of rotatable bonds is 6. The summed E-state index contributed by atoms with van der Waals surface area (Å²) in [5, 5.41) is 3.58. The molecule has 0 aromatic carbocycles. The van der Waals surface area contributed by atoms with Crippen LogP contribution in [0.1, 0.15) is 67.0 Å². The number of ketones is 1. The summed E-state index contributed by atoms with van der Waals surface area (Å²) in [5.41, 5.74) is 7.57. The van der Waals surface area contributed by atoms with Gasteiger partial charge in [-0.15, -0.1) is 0 Å². The quantitative estimate of drug-likeness (QED) is 0.601. The van der Waals surface area contributed by atoms with Crippen molar-refractivity contribution in [2.24, 2.45) is 0 Å². The van der Waals surface area contributed by atoms with Crippen LogP contribution in [0.3, 0.4) is 0 Å². The summed E-state index contributed by atoms with van der Waals surface area (Å²) in [4.78, 5) is 37.2. The SMILES string of the molecule is COC(=O)c1c(C(=O)COC(=O)c2c(C)noc2N)c(C)n(C2CC2)c1C. The monoisotopic (exact) mass is 375 g/mol. The summed E-state index contributed by atoms with van der Waals surface area (Å²) < 4.78 is 16.6. The first-order chi connectivity index (χ1) is 12.8. The second kappa shape index (κ2) is 6.90. The minimum Gasteiger partial charge on any atom is -0.465 e. The lowest BCUT2D eigenvalue weighted by molar-refractivity contribution is 0.0473. The second-order valence-electron chi connectivity index (χ2n) is 6.52. The van der Waals surface area contributed by atoms with Crippen LogP contribution in [-0.4, -0.2) is 41.2 Å². The van der Waals surface area contributed by atoms with Crippen molar-refractivity contribution in [2.75, 3.05) is 19.5 Å². The minimum absolute atomic E-state index is 0.0144. The highest BCUT2D eigenvalue weighted by molar-refractivity contribution is 6.09. The van der Waals surface area contributed by atoms with Gasteiger partial charge < -0.3 is 24.3 Å². The molecule has 2 heterocycles. The molecule has 2 N–H and O–H groups in total. The molecule has 1 saturated carbocycles. The molecular weight excluding hydrogens is 354 g/mol. The molecule has 0 aliphatic heterocycles. The third kappa shape index (κ3) is 3.20. The largest absolute Gasteiger partial charge is 0.465 e. The molecule has 2 aromatic rings. The Balaban J connectivity index is 1.87. The maximum absolute atomic E-state index is 12.8. The fourth-order valence-electron chi connectivity index (χ4n) is 3.34.